The molecule has 110 valence electrons. The van der Waals surface area contributed by atoms with Crippen molar-refractivity contribution < 1.29 is 19.1 Å². The predicted molar refractivity (Wildman–Crippen MR) is 70.6 cm³/mol. The molecule has 6 heteroatoms. The van der Waals surface area contributed by atoms with Gasteiger partial charge in [-0.15, -0.1) is 0 Å². The first-order chi connectivity index (χ1) is 8.76. The molecule has 2 unspecified atom stereocenters. The average Bonchev–Trinajstić information content (AvgIpc) is 2.35. The summed E-state index contributed by atoms with van der Waals surface area (Å²) in [5.41, 5.74) is 5.31. The van der Waals surface area contributed by atoms with E-state index in [-0.39, 0.29) is 6.04 Å². The van der Waals surface area contributed by atoms with Crippen molar-refractivity contribution in [1.82, 2.24) is 4.90 Å². The summed E-state index contributed by atoms with van der Waals surface area (Å²) >= 11 is 0. The average molecular weight is 272 g/mol. The Hall–Kier alpha value is -1.30. The summed E-state index contributed by atoms with van der Waals surface area (Å²) in [7, 11) is 1.29. The normalized spacial score (nSPS) is 21.7. The van der Waals surface area contributed by atoms with Crippen molar-refractivity contribution in [3.63, 3.8) is 0 Å². The highest BCUT2D eigenvalue weighted by Crippen LogP contribution is 2.22. The fourth-order valence-electron chi connectivity index (χ4n) is 2.17. The number of esters is 1. The lowest BCUT2D eigenvalue weighted by atomic mass is 9.96. The van der Waals surface area contributed by atoms with Gasteiger partial charge in [0.15, 0.2) is 0 Å². The Morgan fingerprint density at radius 3 is 2.47 bits per heavy atom. The van der Waals surface area contributed by atoms with Crippen LogP contribution in [-0.2, 0) is 14.3 Å². The van der Waals surface area contributed by atoms with Crippen molar-refractivity contribution in [2.45, 2.75) is 57.7 Å². The number of hydrogen-bond acceptors (Lipinski definition) is 5. The van der Waals surface area contributed by atoms with Crippen molar-refractivity contribution in [1.29, 1.82) is 0 Å². The van der Waals surface area contributed by atoms with Gasteiger partial charge in [0.05, 0.1) is 13.2 Å². The van der Waals surface area contributed by atoms with Crippen LogP contribution < -0.4 is 5.73 Å². The zero-order chi connectivity index (χ0) is 14.6. The largest absolute Gasteiger partial charge is 0.468 e. The van der Waals surface area contributed by atoms with Crippen LogP contribution in [0.5, 0.6) is 0 Å². The standard InChI is InChI=1S/C13H24N2O4/c1-13(2,3)19-12(17)15-8-6-5-7-9(15)10(14)11(16)18-4/h9-10H,5-8,14H2,1-4H3. The molecule has 0 aromatic carbocycles. The quantitative estimate of drug-likeness (QED) is 0.766. The molecule has 1 amide bonds. The fourth-order valence-corrected chi connectivity index (χ4v) is 2.17. The zero-order valence-electron chi connectivity index (χ0n) is 12.1. The van der Waals surface area contributed by atoms with Crippen LogP contribution in [-0.4, -0.2) is 48.3 Å². The van der Waals surface area contributed by atoms with Gasteiger partial charge in [-0.2, -0.15) is 0 Å². The number of nitrogens with two attached hydrogens (primary N) is 1. The Morgan fingerprint density at radius 2 is 1.95 bits per heavy atom. The van der Waals surface area contributed by atoms with E-state index in [1.54, 1.807) is 4.90 Å². The maximum atomic E-state index is 12.1. The molecular formula is C13H24N2O4. The van der Waals surface area contributed by atoms with E-state index in [1.807, 2.05) is 20.8 Å². The molecule has 0 saturated carbocycles. The minimum absolute atomic E-state index is 0.351. The molecule has 0 radical (unpaired) electrons. The Kier molecular flexibility index (Phi) is 5.17. The van der Waals surface area contributed by atoms with Crippen LogP contribution in [0.25, 0.3) is 0 Å². The third-order valence-electron chi connectivity index (χ3n) is 3.07. The molecule has 0 aliphatic carbocycles. The topological polar surface area (TPSA) is 81.9 Å². The second-order valence-electron chi connectivity index (χ2n) is 5.79. The minimum Gasteiger partial charge on any atom is -0.468 e. The second-order valence-corrected chi connectivity index (χ2v) is 5.79. The van der Waals surface area contributed by atoms with E-state index in [1.165, 1.54) is 7.11 Å². The summed E-state index contributed by atoms with van der Waals surface area (Å²) in [5.74, 6) is -0.500. The van der Waals surface area contributed by atoms with Crippen molar-refractivity contribution in [2.75, 3.05) is 13.7 Å². The zero-order valence-corrected chi connectivity index (χ0v) is 12.1. The number of methoxy groups -OCH3 is 1. The number of hydrogen-bond donors (Lipinski definition) is 1. The second kappa shape index (κ2) is 6.23. The first kappa shape index (κ1) is 15.8. The number of nitrogens with zero attached hydrogens (tertiary/aromatic N) is 1. The minimum atomic E-state index is -0.821. The van der Waals surface area contributed by atoms with E-state index in [0.717, 1.165) is 12.8 Å². The summed E-state index contributed by atoms with van der Waals surface area (Å²) in [5, 5.41) is 0. The highest BCUT2D eigenvalue weighted by Gasteiger charge is 2.37. The molecule has 1 aliphatic heterocycles. The van der Waals surface area contributed by atoms with Crippen LogP contribution in [0, 0.1) is 0 Å². The van der Waals surface area contributed by atoms with Crippen LogP contribution in [0.4, 0.5) is 4.79 Å². The van der Waals surface area contributed by atoms with E-state index in [2.05, 4.69) is 4.74 Å². The first-order valence-electron chi connectivity index (χ1n) is 6.59. The lowest BCUT2D eigenvalue weighted by Crippen LogP contribution is -2.56. The van der Waals surface area contributed by atoms with Gasteiger partial charge in [-0.25, -0.2) is 4.79 Å². The van der Waals surface area contributed by atoms with Gasteiger partial charge in [0.1, 0.15) is 11.6 Å². The third-order valence-corrected chi connectivity index (χ3v) is 3.07. The lowest BCUT2D eigenvalue weighted by Gasteiger charge is -2.38. The predicted octanol–water partition coefficient (Wildman–Crippen LogP) is 1.28. The molecule has 6 nitrogen and oxygen atoms in total. The van der Waals surface area contributed by atoms with Crippen molar-refractivity contribution in [3.05, 3.63) is 0 Å². The van der Waals surface area contributed by atoms with E-state index in [9.17, 15) is 9.59 Å². The van der Waals surface area contributed by atoms with Gasteiger partial charge in [-0.05, 0) is 40.0 Å². The van der Waals surface area contributed by atoms with Crippen molar-refractivity contribution in [2.24, 2.45) is 5.73 Å². The molecule has 2 N–H and O–H groups in total. The van der Waals surface area contributed by atoms with Gasteiger partial charge in [0.25, 0.3) is 0 Å². The first-order valence-corrected chi connectivity index (χ1v) is 6.59. The molecule has 1 fully saturated rings. The van der Waals surface area contributed by atoms with E-state index < -0.39 is 23.7 Å². The number of piperidine rings is 1. The molecule has 2 atom stereocenters. The molecule has 1 aliphatic rings. The van der Waals surface area contributed by atoms with Gasteiger partial charge < -0.3 is 20.1 Å². The van der Waals surface area contributed by atoms with E-state index in [4.69, 9.17) is 10.5 Å². The maximum Gasteiger partial charge on any atom is 0.410 e. The van der Waals surface area contributed by atoms with E-state index in [0.29, 0.717) is 13.0 Å². The lowest BCUT2D eigenvalue weighted by molar-refractivity contribution is -0.144. The third kappa shape index (κ3) is 4.38. The highest BCUT2D eigenvalue weighted by molar-refractivity contribution is 5.78. The monoisotopic (exact) mass is 272 g/mol. The van der Waals surface area contributed by atoms with Crippen molar-refractivity contribution >= 4 is 12.1 Å². The highest BCUT2D eigenvalue weighted by atomic mass is 16.6. The summed E-state index contributed by atoms with van der Waals surface area (Å²) in [6.45, 7) is 5.99. The summed E-state index contributed by atoms with van der Waals surface area (Å²) in [6, 6.07) is -1.17. The number of ether oxygens (including phenoxy) is 2. The number of carbonyl (C=O) groups excluding carboxylic acids is 2. The maximum absolute atomic E-state index is 12.1. The van der Waals surface area contributed by atoms with Gasteiger partial charge >= 0.3 is 12.1 Å². The number of rotatable bonds is 2. The smallest absolute Gasteiger partial charge is 0.410 e. The summed E-state index contributed by atoms with van der Waals surface area (Å²) < 4.78 is 10.0. The summed E-state index contributed by atoms with van der Waals surface area (Å²) in [4.78, 5) is 25.2. The van der Waals surface area contributed by atoms with Gasteiger partial charge in [-0.1, -0.05) is 0 Å². The molecule has 1 saturated heterocycles. The van der Waals surface area contributed by atoms with Gasteiger partial charge in [0.2, 0.25) is 0 Å². The van der Waals surface area contributed by atoms with Gasteiger partial charge in [0, 0.05) is 6.54 Å². The molecule has 1 heterocycles. The molecular weight excluding hydrogens is 248 g/mol. The summed E-state index contributed by atoms with van der Waals surface area (Å²) in [6.07, 6.45) is 2.10. The van der Waals surface area contributed by atoms with Crippen LogP contribution >= 0.6 is 0 Å². The van der Waals surface area contributed by atoms with Crippen LogP contribution in [0.15, 0.2) is 0 Å². The number of carbonyl (C=O) groups is 2. The Labute approximate surface area is 114 Å². The molecule has 19 heavy (non-hydrogen) atoms. The molecule has 0 aromatic rings. The SMILES string of the molecule is COC(=O)C(N)C1CCCCN1C(=O)OC(C)(C)C. The van der Waals surface area contributed by atoms with Crippen LogP contribution in [0.3, 0.4) is 0 Å². The fraction of sp³-hybridized carbons (Fsp3) is 0.846. The van der Waals surface area contributed by atoms with Crippen molar-refractivity contribution in [3.8, 4) is 0 Å². The Bertz CT molecular complexity index is 338. The molecule has 1 rings (SSSR count). The molecule has 0 bridgehead atoms. The van der Waals surface area contributed by atoms with E-state index >= 15 is 0 Å². The Balaban J connectivity index is 2.77. The number of likely N-dealkylation sites (tertiary alicyclic amines) is 1. The Morgan fingerprint density at radius 1 is 1.32 bits per heavy atom. The molecule has 0 aromatic heterocycles. The van der Waals surface area contributed by atoms with Gasteiger partial charge in [-0.3, -0.25) is 4.79 Å². The van der Waals surface area contributed by atoms with Crippen LogP contribution in [0.2, 0.25) is 0 Å². The number of amides is 1. The molecule has 0 spiro atoms. The van der Waals surface area contributed by atoms with Crippen LogP contribution in [0.1, 0.15) is 40.0 Å².